The molecule has 0 amide bonds. The van der Waals surface area contributed by atoms with E-state index < -0.39 is 42.8 Å². The third-order valence-electron chi connectivity index (χ3n) is 2.20. The van der Waals surface area contributed by atoms with Crippen molar-refractivity contribution in [2.24, 2.45) is 0 Å². The predicted octanol–water partition coefficient (Wildman–Crippen LogP) is 4.06. The highest BCUT2D eigenvalue weighted by Crippen LogP contribution is 2.48. The second kappa shape index (κ2) is 8.00. The van der Waals surface area contributed by atoms with Crippen molar-refractivity contribution >= 4 is 28.5 Å². The van der Waals surface area contributed by atoms with E-state index in [1.807, 2.05) is 0 Å². The molecule has 12 heteroatoms. The van der Waals surface area contributed by atoms with E-state index in [0.717, 1.165) is 0 Å². The van der Waals surface area contributed by atoms with Crippen LogP contribution in [0.25, 0.3) is 0 Å². The lowest BCUT2D eigenvalue weighted by Crippen LogP contribution is -2.59. The second-order valence-electron chi connectivity index (χ2n) is 4.12. The maximum Gasteiger partial charge on any atom is 0.380 e. The van der Waals surface area contributed by atoms with E-state index in [0.29, 0.717) is 11.8 Å². The average molecular weight is 383 g/mol. The molecule has 2 nitrogen and oxygen atoms in total. The number of halogens is 9. The molecule has 0 rings (SSSR count). The van der Waals surface area contributed by atoms with Gasteiger partial charge in [0.2, 0.25) is 0 Å². The van der Waals surface area contributed by atoms with Gasteiger partial charge in [-0.25, -0.2) is 8.78 Å². The van der Waals surface area contributed by atoms with Crippen LogP contribution in [-0.4, -0.2) is 53.7 Å². The molecule has 0 bridgehead atoms. The lowest BCUT2D eigenvalue weighted by molar-refractivity contribution is -0.345. The monoisotopic (exact) mass is 382 g/mol. The fourth-order valence-corrected chi connectivity index (χ4v) is 1.83. The molecule has 22 heavy (non-hydrogen) atoms. The molecule has 0 radical (unpaired) electrons. The molecule has 0 saturated heterocycles. The molecule has 0 aliphatic heterocycles. The van der Waals surface area contributed by atoms with Crippen molar-refractivity contribution in [3.63, 3.8) is 0 Å². The van der Waals surface area contributed by atoms with Gasteiger partial charge in [0, 0.05) is 12.7 Å². The molecule has 0 saturated carbocycles. The molecule has 0 spiro atoms. The summed E-state index contributed by atoms with van der Waals surface area (Å²) in [4.78, 5) is 10.6. The van der Waals surface area contributed by atoms with Gasteiger partial charge >= 0.3 is 24.2 Å². The van der Waals surface area contributed by atoms with Crippen LogP contribution < -0.4 is 0 Å². The molecule has 0 aromatic rings. The van der Waals surface area contributed by atoms with Gasteiger partial charge in [0.05, 0.1) is 12.0 Å². The maximum atomic E-state index is 13.0. The van der Waals surface area contributed by atoms with Crippen molar-refractivity contribution < 1.29 is 44.7 Å². The quantitative estimate of drug-likeness (QED) is 0.444. The Kier molecular flexibility index (Phi) is 7.90. The van der Waals surface area contributed by atoms with Gasteiger partial charge in [0.25, 0.3) is 0 Å². The van der Waals surface area contributed by atoms with Crippen LogP contribution in [0.4, 0.5) is 35.1 Å². The standard InChI is InChI=1S/C10H11ClF8O2S/c1-5(20)22-3-6(11)2-21-4-8(14,15)10(18,19)9(16,17)7(12)13/h6-7H,2-4H2,1H3. The molecule has 0 aromatic heterocycles. The smallest absolute Gasteiger partial charge is 0.373 e. The molecular formula is C10H11ClF8O2S. The first kappa shape index (κ1) is 21.7. The van der Waals surface area contributed by atoms with Crippen molar-refractivity contribution in [1.82, 2.24) is 0 Å². The number of rotatable bonds is 9. The molecule has 1 unspecified atom stereocenters. The van der Waals surface area contributed by atoms with Crippen molar-refractivity contribution in [2.75, 3.05) is 19.0 Å². The lowest BCUT2D eigenvalue weighted by Gasteiger charge is -2.32. The van der Waals surface area contributed by atoms with Crippen LogP contribution >= 0.6 is 23.4 Å². The van der Waals surface area contributed by atoms with Gasteiger partial charge in [-0.15, -0.1) is 11.6 Å². The summed E-state index contributed by atoms with van der Waals surface area (Å²) in [5.41, 5.74) is 0. The molecular weight excluding hydrogens is 372 g/mol. The van der Waals surface area contributed by atoms with E-state index in [9.17, 15) is 39.9 Å². The van der Waals surface area contributed by atoms with Crippen LogP contribution in [0.2, 0.25) is 0 Å². The van der Waals surface area contributed by atoms with E-state index >= 15 is 0 Å². The van der Waals surface area contributed by atoms with Crippen LogP contribution in [0.15, 0.2) is 0 Å². The number of carbonyl (C=O) groups excluding carboxylic acids is 1. The first-order chi connectivity index (χ1) is 9.75. The Bertz CT molecular complexity index is 380. The Hall–Kier alpha value is -0.290. The summed E-state index contributed by atoms with van der Waals surface area (Å²) in [5.74, 6) is -18.1. The molecule has 0 aliphatic rings. The first-order valence-corrected chi connectivity index (χ1v) is 6.94. The minimum Gasteiger partial charge on any atom is -0.373 e. The topological polar surface area (TPSA) is 26.3 Å². The minimum absolute atomic E-state index is 0.0912. The Morgan fingerprint density at radius 1 is 1.18 bits per heavy atom. The highest BCUT2D eigenvalue weighted by molar-refractivity contribution is 8.13. The van der Waals surface area contributed by atoms with Gasteiger partial charge in [0.15, 0.2) is 5.12 Å². The third-order valence-corrected chi connectivity index (χ3v) is 3.64. The van der Waals surface area contributed by atoms with Crippen LogP contribution in [0.5, 0.6) is 0 Å². The van der Waals surface area contributed by atoms with Crippen molar-refractivity contribution in [3.8, 4) is 0 Å². The SMILES string of the molecule is CC(=O)SCC(Cl)COCC(F)(F)C(F)(F)C(F)(F)C(F)F. The van der Waals surface area contributed by atoms with Crippen molar-refractivity contribution in [1.29, 1.82) is 0 Å². The summed E-state index contributed by atoms with van der Waals surface area (Å²) < 4.78 is 105. The van der Waals surface area contributed by atoms with Gasteiger partial charge in [-0.3, -0.25) is 4.79 Å². The number of hydrogen-bond donors (Lipinski definition) is 0. The number of carbonyl (C=O) groups is 1. The van der Waals surface area contributed by atoms with Gasteiger partial charge in [-0.1, -0.05) is 11.8 Å². The molecule has 132 valence electrons. The van der Waals surface area contributed by atoms with E-state index in [-0.39, 0.29) is 10.9 Å². The second-order valence-corrected chi connectivity index (χ2v) is 5.93. The highest BCUT2D eigenvalue weighted by Gasteiger charge is 2.75. The summed E-state index contributed by atoms with van der Waals surface area (Å²) in [6.07, 6.45) is -4.97. The molecule has 0 aromatic carbocycles. The highest BCUT2D eigenvalue weighted by atomic mass is 35.5. The zero-order valence-corrected chi connectivity index (χ0v) is 12.5. The lowest BCUT2D eigenvalue weighted by atomic mass is 10.1. The van der Waals surface area contributed by atoms with Gasteiger partial charge in [-0.2, -0.15) is 26.3 Å². The summed E-state index contributed by atoms with van der Waals surface area (Å²) in [6.45, 7) is -1.79. The number of alkyl halides is 9. The van der Waals surface area contributed by atoms with Crippen molar-refractivity contribution in [3.05, 3.63) is 0 Å². The normalized spacial score (nSPS) is 15.2. The first-order valence-electron chi connectivity index (χ1n) is 5.52. The van der Waals surface area contributed by atoms with E-state index in [1.54, 1.807) is 0 Å². The summed E-state index contributed by atoms with van der Waals surface area (Å²) in [6, 6.07) is 0. The molecule has 0 heterocycles. The van der Waals surface area contributed by atoms with E-state index in [1.165, 1.54) is 6.92 Å². The Labute approximate surface area is 129 Å². The molecule has 0 fully saturated rings. The summed E-state index contributed by atoms with van der Waals surface area (Å²) >= 11 is 6.22. The van der Waals surface area contributed by atoms with Crippen LogP contribution in [-0.2, 0) is 9.53 Å². The zero-order valence-electron chi connectivity index (χ0n) is 10.9. The third kappa shape index (κ3) is 5.41. The number of ether oxygens (including phenoxy) is 1. The molecule has 1 atom stereocenters. The fraction of sp³-hybridized carbons (Fsp3) is 0.900. The van der Waals surface area contributed by atoms with Crippen LogP contribution in [0.1, 0.15) is 6.92 Å². The van der Waals surface area contributed by atoms with Gasteiger partial charge < -0.3 is 4.74 Å². The average Bonchev–Trinajstić information content (AvgIpc) is 2.35. The Morgan fingerprint density at radius 2 is 1.68 bits per heavy atom. The molecule has 0 N–H and O–H groups in total. The van der Waals surface area contributed by atoms with Gasteiger partial charge in [0.1, 0.15) is 6.61 Å². The largest absolute Gasteiger partial charge is 0.380 e. The zero-order chi connectivity index (χ0) is 17.8. The summed E-state index contributed by atoms with van der Waals surface area (Å²) in [7, 11) is 0. The van der Waals surface area contributed by atoms with E-state index in [4.69, 9.17) is 11.6 Å². The Morgan fingerprint density at radius 3 is 2.09 bits per heavy atom. The van der Waals surface area contributed by atoms with Gasteiger partial charge in [-0.05, 0) is 0 Å². The van der Waals surface area contributed by atoms with E-state index in [2.05, 4.69) is 4.74 Å². The minimum atomic E-state index is -6.30. The predicted molar refractivity (Wildman–Crippen MR) is 64.4 cm³/mol. The number of thioether (sulfide) groups is 1. The Balaban J connectivity index is 4.60. The number of hydrogen-bond acceptors (Lipinski definition) is 3. The van der Waals surface area contributed by atoms with Crippen molar-refractivity contribution in [2.45, 2.75) is 36.5 Å². The fourth-order valence-electron chi connectivity index (χ4n) is 1.04. The molecule has 0 aliphatic carbocycles. The van der Waals surface area contributed by atoms with Crippen LogP contribution in [0.3, 0.4) is 0 Å². The van der Waals surface area contributed by atoms with Crippen LogP contribution in [0, 0.1) is 0 Å². The summed E-state index contributed by atoms with van der Waals surface area (Å²) in [5, 5.41) is -1.38. The maximum absolute atomic E-state index is 13.0.